The Balaban J connectivity index is 1.32. The minimum absolute atomic E-state index is 0.00340. The Morgan fingerprint density at radius 1 is 1.02 bits per heavy atom. The van der Waals surface area contributed by atoms with Gasteiger partial charge in [0, 0.05) is 23.7 Å². The zero-order valence-corrected chi connectivity index (χ0v) is 21.6. The number of rotatable bonds is 9. The molecule has 0 unspecified atom stereocenters. The number of benzene rings is 1. The summed E-state index contributed by atoms with van der Waals surface area (Å²) in [5.41, 5.74) is 0.332. The van der Waals surface area contributed by atoms with Crippen LogP contribution in [0.4, 0.5) is 19.0 Å². The van der Waals surface area contributed by atoms with E-state index in [4.69, 9.17) is 18.9 Å². The third-order valence-electron chi connectivity index (χ3n) is 6.31. The van der Waals surface area contributed by atoms with E-state index in [9.17, 15) is 18.0 Å². The van der Waals surface area contributed by atoms with Gasteiger partial charge in [-0.25, -0.2) is 0 Å². The van der Waals surface area contributed by atoms with Crippen molar-refractivity contribution in [1.82, 2.24) is 25.0 Å². The number of carbonyl (C=O) groups is 1. The van der Waals surface area contributed by atoms with Gasteiger partial charge in [0.2, 0.25) is 5.88 Å². The van der Waals surface area contributed by atoms with Gasteiger partial charge in [-0.1, -0.05) is 12.8 Å². The van der Waals surface area contributed by atoms with Crippen molar-refractivity contribution >= 4 is 22.6 Å². The molecule has 3 heterocycles. The lowest BCUT2D eigenvalue weighted by Gasteiger charge is -2.12. The van der Waals surface area contributed by atoms with Crippen molar-refractivity contribution in [2.45, 2.75) is 37.9 Å². The van der Waals surface area contributed by atoms with Gasteiger partial charge >= 0.3 is 6.18 Å². The van der Waals surface area contributed by atoms with Crippen molar-refractivity contribution in [3.05, 3.63) is 48.4 Å². The molecule has 40 heavy (non-hydrogen) atoms. The van der Waals surface area contributed by atoms with Gasteiger partial charge in [-0.2, -0.15) is 18.3 Å². The Labute approximate surface area is 226 Å². The number of alkyl halides is 3. The molecule has 14 heteroatoms. The minimum Gasteiger partial charge on any atom is -0.493 e. The number of ether oxygens (including phenoxy) is 4. The van der Waals surface area contributed by atoms with Gasteiger partial charge in [0.05, 0.1) is 32.0 Å². The van der Waals surface area contributed by atoms with E-state index in [1.54, 1.807) is 24.4 Å². The molecule has 0 saturated heterocycles. The molecular weight excluding hydrogens is 533 g/mol. The maximum atomic E-state index is 12.9. The number of hydrogen-bond donors (Lipinski definition) is 1. The number of anilines is 1. The number of nitrogens with one attached hydrogen (secondary N) is 1. The molecule has 1 saturated carbocycles. The Bertz CT molecular complexity index is 1500. The van der Waals surface area contributed by atoms with E-state index in [0.29, 0.717) is 28.2 Å². The average Bonchev–Trinajstić information content (AvgIpc) is 3.62. The highest BCUT2D eigenvalue weighted by Crippen LogP contribution is 2.37. The van der Waals surface area contributed by atoms with Gasteiger partial charge < -0.3 is 24.3 Å². The monoisotopic (exact) mass is 558 g/mol. The molecular formula is C26H25F3N6O5. The smallest absolute Gasteiger partial charge is 0.422 e. The van der Waals surface area contributed by atoms with Crippen LogP contribution in [0.25, 0.3) is 10.9 Å². The van der Waals surface area contributed by atoms with E-state index in [2.05, 4.69) is 25.6 Å². The largest absolute Gasteiger partial charge is 0.493 e. The Hall–Kier alpha value is -4.62. The van der Waals surface area contributed by atoms with Crippen LogP contribution in [0.2, 0.25) is 0 Å². The quantitative estimate of drug-likeness (QED) is 0.290. The van der Waals surface area contributed by atoms with Crippen molar-refractivity contribution in [3.63, 3.8) is 0 Å². The fraction of sp³-hybridized carbons (Fsp3) is 0.346. The summed E-state index contributed by atoms with van der Waals surface area (Å²) in [4.78, 5) is 17.3. The normalized spacial score (nSPS) is 13.8. The summed E-state index contributed by atoms with van der Waals surface area (Å²) >= 11 is 0. The number of pyridine rings is 1. The molecule has 0 radical (unpaired) electrons. The fourth-order valence-electron chi connectivity index (χ4n) is 4.42. The number of hydrogen-bond acceptors (Lipinski definition) is 9. The Morgan fingerprint density at radius 3 is 2.45 bits per heavy atom. The summed E-state index contributed by atoms with van der Waals surface area (Å²) in [5.74, 6) is 0.566. The van der Waals surface area contributed by atoms with E-state index in [-0.39, 0.29) is 29.2 Å². The van der Waals surface area contributed by atoms with Gasteiger partial charge in [0.25, 0.3) is 5.91 Å². The maximum Gasteiger partial charge on any atom is 0.422 e. The number of amides is 1. The van der Waals surface area contributed by atoms with Gasteiger partial charge in [-0.15, -0.1) is 10.2 Å². The molecule has 1 aliphatic rings. The summed E-state index contributed by atoms with van der Waals surface area (Å²) < 4.78 is 61.3. The van der Waals surface area contributed by atoms with Crippen LogP contribution >= 0.6 is 0 Å². The highest BCUT2D eigenvalue weighted by molar-refractivity contribution is 6.04. The first-order chi connectivity index (χ1) is 19.2. The van der Waals surface area contributed by atoms with Crippen molar-refractivity contribution in [3.8, 4) is 28.9 Å². The summed E-state index contributed by atoms with van der Waals surface area (Å²) in [5, 5.41) is 15.3. The highest BCUT2D eigenvalue weighted by atomic mass is 19.4. The summed E-state index contributed by atoms with van der Waals surface area (Å²) in [7, 11) is 3.04. The molecule has 210 valence electrons. The molecule has 1 N–H and O–H groups in total. The zero-order valence-electron chi connectivity index (χ0n) is 21.6. The first-order valence-corrected chi connectivity index (χ1v) is 12.4. The second-order valence-electron chi connectivity index (χ2n) is 9.01. The molecule has 3 aromatic heterocycles. The third-order valence-corrected chi connectivity index (χ3v) is 6.31. The molecule has 0 aliphatic heterocycles. The number of carbonyl (C=O) groups excluding carboxylic acids is 1. The predicted octanol–water partition coefficient (Wildman–Crippen LogP) is 5.34. The van der Waals surface area contributed by atoms with Gasteiger partial charge in [-0.3, -0.25) is 14.5 Å². The number of fused-ring (bicyclic) bond motifs is 1. The second-order valence-corrected chi connectivity index (χ2v) is 9.01. The highest BCUT2D eigenvalue weighted by Gasteiger charge is 2.31. The summed E-state index contributed by atoms with van der Waals surface area (Å²) in [6, 6.07) is 8.00. The van der Waals surface area contributed by atoms with Crippen molar-refractivity contribution in [1.29, 1.82) is 0 Å². The molecule has 0 atom stereocenters. The van der Waals surface area contributed by atoms with Crippen LogP contribution in [0.3, 0.4) is 0 Å². The van der Waals surface area contributed by atoms with Crippen LogP contribution in [-0.4, -0.2) is 57.9 Å². The molecule has 0 bridgehead atoms. The van der Waals surface area contributed by atoms with Crippen molar-refractivity contribution < 1.29 is 36.9 Å². The van der Waals surface area contributed by atoms with Crippen LogP contribution in [0.15, 0.2) is 42.7 Å². The van der Waals surface area contributed by atoms with E-state index < -0.39 is 18.7 Å². The predicted molar refractivity (Wildman–Crippen MR) is 136 cm³/mol. The first-order valence-electron chi connectivity index (χ1n) is 12.4. The van der Waals surface area contributed by atoms with Crippen molar-refractivity contribution in [2.75, 3.05) is 26.1 Å². The Morgan fingerprint density at radius 2 is 1.77 bits per heavy atom. The molecule has 1 fully saturated rings. The van der Waals surface area contributed by atoms with Gasteiger partial charge in [0.1, 0.15) is 5.75 Å². The molecule has 11 nitrogen and oxygen atoms in total. The molecule has 1 aromatic carbocycles. The SMILES string of the molecule is COc1cc2nccc(Oc3ccc(NC(=O)c4nn(C5CCCC5)cc4OCC(F)(F)F)nn3)c2cc1OC. The number of aromatic nitrogens is 5. The Kier molecular flexibility index (Phi) is 7.58. The van der Waals surface area contributed by atoms with E-state index >= 15 is 0 Å². The van der Waals surface area contributed by atoms with Gasteiger partial charge in [-0.05, 0) is 31.0 Å². The van der Waals surface area contributed by atoms with E-state index in [1.165, 1.54) is 37.2 Å². The van der Waals surface area contributed by atoms with E-state index in [1.807, 2.05) is 0 Å². The lowest BCUT2D eigenvalue weighted by atomic mass is 10.2. The van der Waals surface area contributed by atoms with Crippen LogP contribution in [0.1, 0.15) is 42.2 Å². The fourth-order valence-corrected chi connectivity index (χ4v) is 4.42. The number of halogens is 3. The van der Waals surface area contributed by atoms with Crippen LogP contribution in [-0.2, 0) is 0 Å². The van der Waals surface area contributed by atoms with Crippen molar-refractivity contribution in [2.24, 2.45) is 0 Å². The average molecular weight is 559 g/mol. The van der Waals surface area contributed by atoms with Crippen LogP contribution in [0, 0.1) is 0 Å². The number of methoxy groups -OCH3 is 2. The second kappa shape index (κ2) is 11.2. The molecule has 1 aliphatic carbocycles. The summed E-state index contributed by atoms with van der Waals surface area (Å²) in [6.07, 6.45) is 1.93. The minimum atomic E-state index is -4.57. The third kappa shape index (κ3) is 6.00. The lowest BCUT2D eigenvalue weighted by molar-refractivity contribution is -0.153. The van der Waals surface area contributed by atoms with E-state index in [0.717, 1.165) is 25.7 Å². The van der Waals surface area contributed by atoms with Crippen LogP contribution in [0.5, 0.6) is 28.9 Å². The maximum absolute atomic E-state index is 12.9. The van der Waals surface area contributed by atoms with Gasteiger partial charge in [0.15, 0.2) is 35.4 Å². The zero-order chi connectivity index (χ0) is 28.3. The first kappa shape index (κ1) is 27.0. The number of nitrogens with zero attached hydrogens (tertiary/aromatic N) is 5. The topological polar surface area (TPSA) is 123 Å². The molecule has 0 spiro atoms. The lowest BCUT2D eigenvalue weighted by Crippen LogP contribution is -2.21. The molecule has 4 aromatic rings. The summed E-state index contributed by atoms with van der Waals surface area (Å²) in [6.45, 7) is -1.54. The molecule has 1 amide bonds. The standard InChI is InChI=1S/C26H25F3N6O5/c1-37-19-11-16-17(12-20(19)38-2)30-10-9-18(16)40-23-8-7-22(32-33-23)31-25(36)24-21(39-14-26(27,28)29)13-35(34-24)15-5-3-4-6-15/h7-13,15H,3-6,14H2,1-2H3,(H,31,32,36). The van der Waals surface area contributed by atoms with Crippen LogP contribution < -0.4 is 24.3 Å². The molecule has 5 rings (SSSR count).